The summed E-state index contributed by atoms with van der Waals surface area (Å²) >= 11 is 1.60. The molecule has 0 aromatic heterocycles. The first-order valence-corrected chi connectivity index (χ1v) is 8.58. The minimum atomic E-state index is -0.739. The van der Waals surface area contributed by atoms with Gasteiger partial charge in [-0.2, -0.15) is 0 Å². The number of rotatable bonds is 3. The van der Waals surface area contributed by atoms with E-state index < -0.39 is 5.54 Å². The van der Waals surface area contributed by atoms with E-state index in [0.717, 1.165) is 22.8 Å². The fourth-order valence-electron chi connectivity index (χ4n) is 2.92. The molecule has 1 N–H and O–H groups in total. The van der Waals surface area contributed by atoms with Gasteiger partial charge in [-0.25, -0.2) is 4.99 Å². The maximum Gasteiger partial charge on any atom is 0.170 e. The third-order valence-electron chi connectivity index (χ3n) is 3.99. The van der Waals surface area contributed by atoms with Crippen LogP contribution in [0.1, 0.15) is 18.1 Å². The van der Waals surface area contributed by atoms with E-state index in [0.29, 0.717) is 5.84 Å². The Bertz CT molecular complexity index is 655. The van der Waals surface area contributed by atoms with Crippen molar-refractivity contribution in [1.82, 2.24) is 4.90 Å². The second kappa shape index (κ2) is 5.97. The number of likely N-dealkylation sites (N-methyl/N-ethyl adjacent to an activating group) is 1. The summed E-state index contributed by atoms with van der Waals surface area (Å²) in [5.74, 6) is 0.525. The van der Waals surface area contributed by atoms with Gasteiger partial charge in [-0.1, -0.05) is 72.4 Å². The van der Waals surface area contributed by atoms with Crippen molar-refractivity contribution >= 4 is 22.8 Å². The van der Waals surface area contributed by atoms with Crippen LogP contribution < -0.4 is 0 Å². The normalized spacial score (nSPS) is 16.7. The minimum absolute atomic E-state index is 0.525. The SMILES string of the molecule is CCN1C(=N)C(c2ccccc2)(c2ccccc2)N=C1SC. The Morgan fingerprint density at radius 1 is 1.00 bits per heavy atom. The van der Waals surface area contributed by atoms with Crippen LogP contribution in [0.2, 0.25) is 0 Å². The van der Waals surface area contributed by atoms with Crippen LogP contribution in [0, 0.1) is 5.41 Å². The van der Waals surface area contributed by atoms with E-state index in [1.807, 2.05) is 47.6 Å². The monoisotopic (exact) mass is 309 g/mol. The van der Waals surface area contributed by atoms with Gasteiger partial charge in [0.25, 0.3) is 0 Å². The third-order valence-corrected chi connectivity index (χ3v) is 4.67. The van der Waals surface area contributed by atoms with Crippen molar-refractivity contribution in [3.63, 3.8) is 0 Å². The maximum absolute atomic E-state index is 8.82. The maximum atomic E-state index is 8.82. The number of hydrogen-bond donors (Lipinski definition) is 1. The summed E-state index contributed by atoms with van der Waals surface area (Å²) in [5.41, 5.74) is 1.33. The molecule has 0 fully saturated rings. The smallest absolute Gasteiger partial charge is 0.170 e. The molecule has 22 heavy (non-hydrogen) atoms. The molecular formula is C18H19N3S. The lowest BCUT2D eigenvalue weighted by molar-refractivity contribution is 0.619. The first kappa shape index (κ1) is 14.9. The van der Waals surface area contributed by atoms with Crippen LogP contribution in [0.15, 0.2) is 65.7 Å². The molecule has 1 aliphatic rings. The van der Waals surface area contributed by atoms with Gasteiger partial charge in [0.2, 0.25) is 0 Å². The summed E-state index contributed by atoms with van der Waals surface area (Å²) in [4.78, 5) is 6.98. The van der Waals surface area contributed by atoms with Crippen LogP contribution >= 0.6 is 11.8 Å². The van der Waals surface area contributed by atoms with Crippen molar-refractivity contribution in [3.8, 4) is 0 Å². The van der Waals surface area contributed by atoms with Crippen LogP contribution in [-0.2, 0) is 5.54 Å². The zero-order chi connectivity index (χ0) is 15.6. The molecule has 3 rings (SSSR count). The van der Waals surface area contributed by atoms with Crippen LogP contribution in [0.4, 0.5) is 0 Å². The molecule has 0 bridgehead atoms. The van der Waals surface area contributed by atoms with E-state index >= 15 is 0 Å². The average molecular weight is 309 g/mol. The van der Waals surface area contributed by atoms with Crippen molar-refractivity contribution in [1.29, 1.82) is 5.41 Å². The predicted octanol–water partition coefficient (Wildman–Crippen LogP) is 3.96. The number of nitrogens with zero attached hydrogens (tertiary/aromatic N) is 2. The van der Waals surface area contributed by atoms with E-state index in [4.69, 9.17) is 10.4 Å². The Hall–Kier alpha value is -2.07. The predicted molar refractivity (Wildman–Crippen MR) is 94.7 cm³/mol. The molecule has 0 radical (unpaired) electrons. The Kier molecular flexibility index (Phi) is 4.03. The molecule has 112 valence electrons. The van der Waals surface area contributed by atoms with Gasteiger partial charge in [-0.3, -0.25) is 5.41 Å². The largest absolute Gasteiger partial charge is 0.307 e. The number of aliphatic imine (C=N–C) groups is 1. The molecule has 0 atom stereocenters. The molecular weight excluding hydrogens is 290 g/mol. The van der Waals surface area contributed by atoms with Crippen molar-refractivity contribution in [2.75, 3.05) is 12.8 Å². The van der Waals surface area contributed by atoms with Crippen molar-refractivity contribution < 1.29 is 0 Å². The zero-order valence-corrected chi connectivity index (χ0v) is 13.6. The highest BCUT2D eigenvalue weighted by molar-refractivity contribution is 8.13. The summed E-state index contributed by atoms with van der Waals surface area (Å²) in [6.45, 7) is 2.81. The van der Waals surface area contributed by atoms with Gasteiger partial charge in [0, 0.05) is 6.54 Å². The molecule has 2 aromatic carbocycles. The number of benzene rings is 2. The number of amidine groups is 2. The highest BCUT2D eigenvalue weighted by atomic mass is 32.2. The zero-order valence-electron chi connectivity index (χ0n) is 12.8. The second-order valence-corrected chi connectivity index (χ2v) is 5.91. The Balaban J connectivity index is 2.26. The van der Waals surface area contributed by atoms with Gasteiger partial charge in [-0.05, 0) is 24.3 Å². The lowest BCUT2D eigenvalue weighted by Crippen LogP contribution is -2.40. The van der Waals surface area contributed by atoms with E-state index in [9.17, 15) is 0 Å². The quantitative estimate of drug-likeness (QED) is 0.932. The van der Waals surface area contributed by atoms with Crippen molar-refractivity contribution in [2.45, 2.75) is 12.5 Å². The summed E-state index contributed by atoms with van der Waals surface area (Å²) in [6.07, 6.45) is 2.01. The van der Waals surface area contributed by atoms with Crippen LogP contribution in [0.5, 0.6) is 0 Å². The minimum Gasteiger partial charge on any atom is -0.307 e. The first-order valence-electron chi connectivity index (χ1n) is 7.35. The lowest BCUT2D eigenvalue weighted by Gasteiger charge is -2.29. The van der Waals surface area contributed by atoms with Gasteiger partial charge < -0.3 is 4.90 Å². The summed E-state index contributed by atoms with van der Waals surface area (Å²) < 4.78 is 0. The molecule has 0 saturated carbocycles. The summed E-state index contributed by atoms with van der Waals surface area (Å²) in [5, 5.41) is 9.72. The molecule has 0 unspecified atom stereocenters. The van der Waals surface area contributed by atoms with E-state index in [1.54, 1.807) is 11.8 Å². The van der Waals surface area contributed by atoms with Crippen LogP contribution in [-0.4, -0.2) is 28.7 Å². The molecule has 3 nitrogen and oxygen atoms in total. The molecule has 1 aliphatic heterocycles. The van der Waals surface area contributed by atoms with E-state index in [-0.39, 0.29) is 0 Å². The van der Waals surface area contributed by atoms with E-state index in [1.165, 1.54) is 0 Å². The number of thioether (sulfide) groups is 1. The van der Waals surface area contributed by atoms with Gasteiger partial charge in [-0.15, -0.1) is 0 Å². The lowest BCUT2D eigenvalue weighted by atomic mass is 9.82. The van der Waals surface area contributed by atoms with Crippen molar-refractivity contribution in [3.05, 3.63) is 71.8 Å². The Labute approximate surface area is 135 Å². The number of nitrogens with one attached hydrogen (secondary N) is 1. The molecule has 0 amide bonds. The number of hydrogen-bond acceptors (Lipinski definition) is 3. The Morgan fingerprint density at radius 3 is 1.86 bits per heavy atom. The summed E-state index contributed by atoms with van der Waals surface area (Å²) in [6, 6.07) is 20.3. The average Bonchev–Trinajstić information content (AvgIpc) is 2.89. The molecule has 4 heteroatoms. The third kappa shape index (κ3) is 2.15. The standard InChI is InChI=1S/C18H19N3S/c1-3-21-16(19)18(20-17(21)22-2,14-10-6-4-7-11-14)15-12-8-5-9-13-15/h4-13,19H,3H2,1-2H3. The molecule has 1 heterocycles. The first-order chi connectivity index (χ1) is 10.7. The fourth-order valence-corrected chi connectivity index (χ4v) is 3.59. The molecule has 0 saturated heterocycles. The molecule has 2 aromatic rings. The topological polar surface area (TPSA) is 39.5 Å². The van der Waals surface area contributed by atoms with Crippen LogP contribution in [0.25, 0.3) is 0 Å². The van der Waals surface area contributed by atoms with Gasteiger partial charge in [0.1, 0.15) is 5.84 Å². The van der Waals surface area contributed by atoms with E-state index in [2.05, 4.69) is 31.2 Å². The Morgan fingerprint density at radius 2 is 1.50 bits per heavy atom. The molecule has 0 spiro atoms. The van der Waals surface area contributed by atoms with Crippen LogP contribution in [0.3, 0.4) is 0 Å². The highest BCUT2D eigenvalue weighted by Gasteiger charge is 2.47. The van der Waals surface area contributed by atoms with Gasteiger partial charge in [0.05, 0.1) is 0 Å². The molecule has 0 aliphatic carbocycles. The van der Waals surface area contributed by atoms with Crippen molar-refractivity contribution in [2.24, 2.45) is 4.99 Å². The summed E-state index contributed by atoms with van der Waals surface area (Å²) in [7, 11) is 0. The van der Waals surface area contributed by atoms with Gasteiger partial charge in [0.15, 0.2) is 10.7 Å². The highest BCUT2D eigenvalue weighted by Crippen LogP contribution is 2.41. The van der Waals surface area contributed by atoms with Gasteiger partial charge >= 0.3 is 0 Å². The fraction of sp³-hybridized carbons (Fsp3) is 0.222. The second-order valence-electron chi connectivity index (χ2n) is 5.13.